The normalized spacial score (nSPS) is 17.1. The van der Waals surface area contributed by atoms with E-state index in [9.17, 15) is 8.42 Å². The number of benzene rings is 2. The highest BCUT2D eigenvalue weighted by Crippen LogP contribution is 2.47. The fourth-order valence-corrected chi connectivity index (χ4v) is 4.54. The first kappa shape index (κ1) is 17.8. The van der Waals surface area contributed by atoms with E-state index in [1.807, 2.05) is 0 Å². The average Bonchev–Trinajstić information content (AvgIpc) is 3.26. The van der Waals surface area contributed by atoms with Crippen molar-refractivity contribution in [1.29, 1.82) is 0 Å². The molecular weight excluding hydrogens is 370 g/mol. The van der Waals surface area contributed by atoms with Crippen molar-refractivity contribution >= 4 is 15.7 Å². The number of hydrogen-bond donors (Lipinski definition) is 1. The molecule has 27 heavy (non-hydrogen) atoms. The molecule has 1 fully saturated rings. The van der Waals surface area contributed by atoms with E-state index >= 15 is 0 Å². The molecule has 1 spiro atoms. The largest absolute Gasteiger partial charge is 0.493 e. The number of hydrogen-bond acceptors (Lipinski definition) is 6. The topological polar surface area (TPSA) is 83.1 Å². The van der Waals surface area contributed by atoms with Crippen LogP contribution in [-0.4, -0.2) is 28.4 Å². The predicted octanol–water partition coefficient (Wildman–Crippen LogP) is 3.55. The average molecular weight is 391 g/mol. The Morgan fingerprint density at radius 2 is 1.63 bits per heavy atom. The van der Waals surface area contributed by atoms with Crippen LogP contribution in [0.2, 0.25) is 0 Å². The quantitative estimate of drug-likeness (QED) is 0.839. The molecule has 0 amide bonds. The molecular formula is C19H21NO6S. The first-order valence-electron chi connectivity index (χ1n) is 8.72. The van der Waals surface area contributed by atoms with Gasteiger partial charge in [0.1, 0.15) is 0 Å². The van der Waals surface area contributed by atoms with Gasteiger partial charge in [-0.05, 0) is 37.1 Å². The van der Waals surface area contributed by atoms with Crippen LogP contribution in [0.3, 0.4) is 0 Å². The van der Waals surface area contributed by atoms with Gasteiger partial charge in [0, 0.05) is 25.0 Å². The Hall–Kier alpha value is -2.61. The standard InChI is InChI=1S/C19H21NO6S/c1-23-15-8-6-14(12-17(15)24-2)27(21,22)20-13-5-7-16-18(11-13)26-19(25-16)9-3-4-10-19/h5-8,11-12,20H,3-4,9-10H2,1-2H3. The van der Waals surface area contributed by atoms with Crippen LogP contribution in [0.5, 0.6) is 23.0 Å². The van der Waals surface area contributed by atoms with Crippen LogP contribution in [0.25, 0.3) is 0 Å². The third kappa shape index (κ3) is 3.25. The fourth-order valence-electron chi connectivity index (χ4n) is 3.47. The summed E-state index contributed by atoms with van der Waals surface area (Å²) in [4.78, 5) is 0.0741. The van der Waals surface area contributed by atoms with Crippen molar-refractivity contribution in [3.05, 3.63) is 36.4 Å². The zero-order valence-corrected chi connectivity index (χ0v) is 16.0. The van der Waals surface area contributed by atoms with E-state index in [4.69, 9.17) is 18.9 Å². The number of fused-ring (bicyclic) bond motifs is 1. The molecule has 2 aromatic carbocycles. The molecule has 1 heterocycles. The van der Waals surface area contributed by atoms with Gasteiger partial charge in [0.05, 0.1) is 24.8 Å². The van der Waals surface area contributed by atoms with Gasteiger partial charge >= 0.3 is 0 Å². The molecule has 1 saturated carbocycles. The van der Waals surface area contributed by atoms with Crippen molar-refractivity contribution in [3.8, 4) is 23.0 Å². The van der Waals surface area contributed by atoms with Crippen molar-refractivity contribution < 1.29 is 27.4 Å². The van der Waals surface area contributed by atoms with Gasteiger partial charge in [0.25, 0.3) is 15.8 Å². The number of anilines is 1. The SMILES string of the molecule is COc1ccc(S(=O)(=O)Nc2ccc3c(c2)OC2(CCCC2)O3)cc1OC. The molecule has 0 saturated heterocycles. The van der Waals surface area contributed by atoms with Crippen molar-refractivity contribution in [2.24, 2.45) is 0 Å². The Morgan fingerprint density at radius 3 is 2.33 bits per heavy atom. The molecule has 0 bridgehead atoms. The van der Waals surface area contributed by atoms with E-state index < -0.39 is 15.8 Å². The number of sulfonamides is 1. The fraction of sp³-hybridized carbons (Fsp3) is 0.368. The number of rotatable bonds is 5. The first-order chi connectivity index (χ1) is 12.9. The number of methoxy groups -OCH3 is 2. The third-order valence-corrected chi connectivity index (χ3v) is 6.20. The van der Waals surface area contributed by atoms with Crippen LogP contribution in [-0.2, 0) is 10.0 Å². The summed E-state index contributed by atoms with van der Waals surface area (Å²) in [5.74, 6) is 1.43. The third-order valence-electron chi connectivity index (χ3n) is 4.82. The van der Waals surface area contributed by atoms with Crippen molar-refractivity contribution in [2.45, 2.75) is 36.4 Å². The lowest BCUT2D eigenvalue weighted by Crippen LogP contribution is -2.34. The summed E-state index contributed by atoms with van der Waals surface area (Å²) in [5, 5.41) is 0. The second kappa shape index (κ2) is 6.53. The molecule has 1 aliphatic heterocycles. The lowest BCUT2D eigenvalue weighted by molar-refractivity contribution is -0.0716. The molecule has 1 N–H and O–H groups in total. The van der Waals surface area contributed by atoms with E-state index in [1.54, 1.807) is 24.3 Å². The van der Waals surface area contributed by atoms with Gasteiger partial charge in [-0.1, -0.05) is 0 Å². The molecule has 0 aromatic heterocycles. The smallest absolute Gasteiger partial charge is 0.262 e. The zero-order valence-electron chi connectivity index (χ0n) is 15.2. The van der Waals surface area contributed by atoms with Gasteiger partial charge in [0.15, 0.2) is 23.0 Å². The Labute approximate surface area is 158 Å². The summed E-state index contributed by atoms with van der Waals surface area (Å²) in [7, 11) is -0.847. The van der Waals surface area contributed by atoms with Gasteiger partial charge < -0.3 is 18.9 Å². The molecule has 8 heteroatoms. The molecule has 0 radical (unpaired) electrons. The van der Waals surface area contributed by atoms with Gasteiger partial charge in [-0.25, -0.2) is 8.42 Å². The maximum atomic E-state index is 12.7. The van der Waals surface area contributed by atoms with Crippen LogP contribution < -0.4 is 23.7 Å². The summed E-state index contributed by atoms with van der Waals surface area (Å²) in [6, 6.07) is 9.48. The van der Waals surface area contributed by atoms with Crippen molar-refractivity contribution in [1.82, 2.24) is 0 Å². The summed E-state index contributed by atoms with van der Waals surface area (Å²) in [6.45, 7) is 0. The molecule has 1 aliphatic carbocycles. The molecule has 0 atom stereocenters. The minimum Gasteiger partial charge on any atom is -0.493 e. The maximum absolute atomic E-state index is 12.7. The number of ether oxygens (including phenoxy) is 4. The van der Waals surface area contributed by atoms with E-state index in [-0.39, 0.29) is 4.90 Å². The summed E-state index contributed by atoms with van der Waals surface area (Å²) >= 11 is 0. The molecule has 0 unspecified atom stereocenters. The van der Waals surface area contributed by atoms with Crippen LogP contribution >= 0.6 is 0 Å². The van der Waals surface area contributed by atoms with Crippen LogP contribution in [0.1, 0.15) is 25.7 Å². The zero-order chi connectivity index (χ0) is 19.1. The van der Waals surface area contributed by atoms with Crippen molar-refractivity contribution in [2.75, 3.05) is 18.9 Å². The lowest BCUT2D eigenvalue weighted by Gasteiger charge is -2.21. The Kier molecular flexibility index (Phi) is 4.30. The molecule has 4 rings (SSSR count). The van der Waals surface area contributed by atoms with Gasteiger partial charge in [0.2, 0.25) is 0 Å². The summed E-state index contributed by atoms with van der Waals surface area (Å²) in [5.41, 5.74) is 0.405. The van der Waals surface area contributed by atoms with Crippen LogP contribution in [0, 0.1) is 0 Å². The van der Waals surface area contributed by atoms with Crippen LogP contribution in [0.15, 0.2) is 41.3 Å². The highest BCUT2D eigenvalue weighted by Gasteiger charge is 2.44. The second-order valence-corrected chi connectivity index (χ2v) is 8.29. The van der Waals surface area contributed by atoms with E-state index in [1.165, 1.54) is 26.4 Å². The molecule has 144 valence electrons. The first-order valence-corrected chi connectivity index (χ1v) is 10.2. The minimum atomic E-state index is -3.80. The van der Waals surface area contributed by atoms with E-state index in [0.29, 0.717) is 28.7 Å². The Balaban J connectivity index is 1.58. The number of nitrogens with one attached hydrogen (secondary N) is 1. The van der Waals surface area contributed by atoms with E-state index in [2.05, 4.69) is 4.72 Å². The highest BCUT2D eigenvalue weighted by molar-refractivity contribution is 7.92. The highest BCUT2D eigenvalue weighted by atomic mass is 32.2. The molecule has 2 aromatic rings. The lowest BCUT2D eigenvalue weighted by atomic mass is 10.2. The Morgan fingerprint density at radius 1 is 0.926 bits per heavy atom. The van der Waals surface area contributed by atoms with Gasteiger partial charge in [-0.15, -0.1) is 0 Å². The van der Waals surface area contributed by atoms with Crippen molar-refractivity contribution in [3.63, 3.8) is 0 Å². The van der Waals surface area contributed by atoms with E-state index in [0.717, 1.165) is 25.7 Å². The predicted molar refractivity (Wildman–Crippen MR) is 99.3 cm³/mol. The molecule has 2 aliphatic rings. The van der Waals surface area contributed by atoms with Gasteiger partial charge in [-0.3, -0.25) is 4.72 Å². The Bertz CT molecular complexity index is 966. The molecule has 7 nitrogen and oxygen atoms in total. The van der Waals surface area contributed by atoms with Crippen LogP contribution in [0.4, 0.5) is 5.69 Å². The monoisotopic (exact) mass is 391 g/mol. The van der Waals surface area contributed by atoms with Gasteiger partial charge in [-0.2, -0.15) is 0 Å². The summed E-state index contributed by atoms with van der Waals surface area (Å²) in [6.07, 6.45) is 3.81. The minimum absolute atomic E-state index is 0.0741. The summed E-state index contributed by atoms with van der Waals surface area (Å²) < 4.78 is 50.3. The maximum Gasteiger partial charge on any atom is 0.262 e. The second-order valence-electron chi connectivity index (χ2n) is 6.61.